The van der Waals surface area contributed by atoms with Crippen LogP contribution in [0.1, 0.15) is 24.0 Å². The Labute approximate surface area is 185 Å². The van der Waals surface area contributed by atoms with E-state index in [2.05, 4.69) is 27.3 Å². The largest absolute Gasteiger partial charge is 0.497 e. The van der Waals surface area contributed by atoms with Crippen molar-refractivity contribution in [2.24, 2.45) is 0 Å². The van der Waals surface area contributed by atoms with Crippen molar-refractivity contribution in [3.8, 4) is 17.2 Å². The van der Waals surface area contributed by atoms with E-state index in [0.717, 1.165) is 32.1 Å². The highest BCUT2D eigenvalue weighted by Crippen LogP contribution is 2.33. The summed E-state index contributed by atoms with van der Waals surface area (Å²) in [5.41, 5.74) is 2.03. The van der Waals surface area contributed by atoms with E-state index in [-0.39, 0.29) is 11.8 Å². The second-order valence-electron chi connectivity index (χ2n) is 7.03. The van der Waals surface area contributed by atoms with Crippen LogP contribution >= 0.6 is 15.9 Å². The Kier molecular flexibility index (Phi) is 7.21. The maximum Gasteiger partial charge on any atom is 0.227 e. The van der Waals surface area contributed by atoms with Crippen LogP contribution in [-0.4, -0.2) is 33.8 Å². The summed E-state index contributed by atoms with van der Waals surface area (Å²) in [6, 6.07) is 15.8. The van der Waals surface area contributed by atoms with E-state index in [4.69, 9.17) is 14.2 Å². The third-order valence-corrected chi connectivity index (χ3v) is 5.95. The van der Waals surface area contributed by atoms with Crippen LogP contribution in [0, 0.1) is 0 Å². The van der Waals surface area contributed by atoms with Crippen LogP contribution in [-0.2, 0) is 11.2 Å². The van der Waals surface area contributed by atoms with Gasteiger partial charge in [0.2, 0.25) is 5.91 Å². The van der Waals surface area contributed by atoms with E-state index in [1.165, 1.54) is 0 Å². The topological polar surface area (TPSA) is 56.8 Å². The van der Waals surface area contributed by atoms with Gasteiger partial charge in [0, 0.05) is 11.0 Å². The zero-order valence-corrected chi connectivity index (χ0v) is 19.2. The Morgan fingerprint density at radius 2 is 1.60 bits per heavy atom. The average Bonchev–Trinajstić information content (AvgIpc) is 2.78. The minimum atomic E-state index is -0.245. The Hall–Kier alpha value is -2.73. The average molecular weight is 472 g/mol. The van der Waals surface area contributed by atoms with E-state index in [1.54, 1.807) is 21.3 Å². The molecule has 0 unspecified atom stereocenters. The number of carbonyl (C=O) groups is 1. The predicted octanol–water partition coefficient (Wildman–Crippen LogP) is 5.09. The number of hydrogen-bond acceptors (Lipinski definition) is 4. The molecule has 3 aromatic carbocycles. The molecular weight excluding hydrogens is 446 g/mol. The minimum absolute atomic E-state index is 0.000499. The normalized spacial score (nSPS) is 11.8. The first-order valence-corrected chi connectivity index (χ1v) is 10.5. The van der Waals surface area contributed by atoms with Gasteiger partial charge in [0.1, 0.15) is 5.75 Å². The van der Waals surface area contributed by atoms with Crippen molar-refractivity contribution in [1.29, 1.82) is 0 Å². The molecule has 0 aliphatic heterocycles. The van der Waals surface area contributed by atoms with Gasteiger partial charge in [-0.15, -0.1) is 0 Å². The molecule has 0 saturated heterocycles. The summed E-state index contributed by atoms with van der Waals surface area (Å²) in [5.74, 6) is 1.91. The number of ether oxygens (including phenoxy) is 3. The number of halogens is 1. The van der Waals surface area contributed by atoms with Crippen molar-refractivity contribution in [1.82, 2.24) is 5.32 Å². The molecule has 0 aliphatic carbocycles. The van der Waals surface area contributed by atoms with Crippen LogP contribution in [0.25, 0.3) is 10.8 Å². The molecule has 0 spiro atoms. The quantitative estimate of drug-likeness (QED) is 0.496. The van der Waals surface area contributed by atoms with Gasteiger partial charge in [-0.25, -0.2) is 0 Å². The first-order chi connectivity index (χ1) is 14.5. The number of benzene rings is 3. The predicted molar refractivity (Wildman–Crippen MR) is 123 cm³/mol. The molecular formula is C24H26BrNO4. The maximum absolute atomic E-state index is 12.7. The molecule has 158 valence electrons. The molecule has 0 saturated carbocycles. The second kappa shape index (κ2) is 9.85. The Morgan fingerprint density at radius 3 is 2.30 bits per heavy atom. The van der Waals surface area contributed by atoms with Crippen molar-refractivity contribution < 1.29 is 19.0 Å². The monoisotopic (exact) mass is 471 g/mol. The third kappa shape index (κ3) is 4.87. The first kappa shape index (κ1) is 22.0. The zero-order chi connectivity index (χ0) is 21.7. The third-order valence-electron chi connectivity index (χ3n) is 5.21. The molecule has 6 heteroatoms. The summed E-state index contributed by atoms with van der Waals surface area (Å²) in [6.45, 7) is 2.45. The van der Waals surface area contributed by atoms with Crippen LogP contribution < -0.4 is 19.5 Å². The van der Waals surface area contributed by atoms with Crippen molar-refractivity contribution in [3.05, 3.63) is 64.1 Å². The molecule has 1 atom stereocenters. The van der Waals surface area contributed by atoms with Crippen LogP contribution in [0.5, 0.6) is 17.2 Å². The van der Waals surface area contributed by atoms with Gasteiger partial charge in [0.15, 0.2) is 11.5 Å². The molecule has 30 heavy (non-hydrogen) atoms. The molecule has 1 amide bonds. The van der Waals surface area contributed by atoms with Gasteiger partial charge in [-0.1, -0.05) is 40.2 Å². The van der Waals surface area contributed by atoms with Crippen LogP contribution in [0.3, 0.4) is 0 Å². The summed E-state index contributed by atoms with van der Waals surface area (Å²) in [7, 11) is 4.87. The summed E-state index contributed by atoms with van der Waals surface area (Å²) < 4.78 is 16.9. The summed E-state index contributed by atoms with van der Waals surface area (Å²) in [4.78, 5) is 12.7. The molecule has 0 heterocycles. The number of rotatable bonds is 8. The smallest absolute Gasteiger partial charge is 0.227 e. The van der Waals surface area contributed by atoms with Crippen molar-refractivity contribution in [3.63, 3.8) is 0 Å². The van der Waals surface area contributed by atoms with Crippen molar-refractivity contribution in [2.75, 3.05) is 27.9 Å². The van der Waals surface area contributed by atoms with Gasteiger partial charge >= 0.3 is 0 Å². The van der Waals surface area contributed by atoms with E-state index in [9.17, 15) is 4.79 Å². The second-order valence-corrected chi connectivity index (χ2v) is 7.89. The fourth-order valence-electron chi connectivity index (χ4n) is 3.35. The van der Waals surface area contributed by atoms with Gasteiger partial charge < -0.3 is 19.5 Å². The molecule has 0 bridgehead atoms. The molecule has 0 aliphatic rings. The summed E-state index contributed by atoms with van der Waals surface area (Å²) in [6.07, 6.45) is 0.677. The maximum atomic E-state index is 12.7. The fourth-order valence-corrected chi connectivity index (χ4v) is 3.87. The van der Waals surface area contributed by atoms with Crippen molar-refractivity contribution >= 4 is 32.6 Å². The lowest BCUT2D eigenvalue weighted by atomic mass is 9.97. The van der Waals surface area contributed by atoms with E-state index in [0.29, 0.717) is 24.5 Å². The molecule has 0 fully saturated rings. The number of fused-ring (bicyclic) bond motifs is 1. The molecule has 3 aromatic rings. The van der Waals surface area contributed by atoms with E-state index >= 15 is 0 Å². The SMILES string of the molecule is COc1ccc2cc([C@H](C)C(=O)NCCc3cc(OC)c(OC)cc3Br)ccc2c1. The number of methoxy groups -OCH3 is 3. The number of nitrogens with one attached hydrogen (secondary N) is 1. The number of carbonyl (C=O) groups excluding carboxylic acids is 1. The number of hydrogen-bond donors (Lipinski definition) is 1. The lowest BCUT2D eigenvalue weighted by Gasteiger charge is -2.15. The van der Waals surface area contributed by atoms with Crippen molar-refractivity contribution in [2.45, 2.75) is 19.3 Å². The molecule has 5 nitrogen and oxygen atoms in total. The Balaban J connectivity index is 1.64. The lowest BCUT2D eigenvalue weighted by molar-refractivity contribution is -0.122. The van der Waals surface area contributed by atoms with Crippen LogP contribution in [0.15, 0.2) is 53.0 Å². The highest BCUT2D eigenvalue weighted by atomic mass is 79.9. The van der Waals surface area contributed by atoms with Gasteiger partial charge in [0.05, 0.1) is 27.2 Å². The number of amides is 1. The standard InChI is InChI=1S/C24H26BrNO4/c1-15(16-5-6-18-12-20(28-2)8-7-17(18)11-16)24(27)26-10-9-19-13-22(29-3)23(30-4)14-21(19)25/h5-8,11-15H,9-10H2,1-4H3,(H,26,27)/t15-/m0/s1. The summed E-state index contributed by atoms with van der Waals surface area (Å²) in [5, 5.41) is 5.21. The lowest BCUT2D eigenvalue weighted by Crippen LogP contribution is -2.29. The van der Waals surface area contributed by atoms with Gasteiger partial charge in [-0.2, -0.15) is 0 Å². The first-order valence-electron chi connectivity index (χ1n) is 9.72. The molecule has 0 radical (unpaired) electrons. The Bertz CT molecular complexity index is 1050. The molecule has 3 rings (SSSR count). The van der Waals surface area contributed by atoms with E-state index < -0.39 is 0 Å². The fraction of sp³-hybridized carbons (Fsp3) is 0.292. The summed E-state index contributed by atoms with van der Waals surface area (Å²) >= 11 is 3.56. The van der Waals surface area contributed by atoms with Gasteiger partial charge in [-0.05, 0) is 59.5 Å². The highest BCUT2D eigenvalue weighted by Gasteiger charge is 2.16. The van der Waals surface area contributed by atoms with Crippen LogP contribution in [0.2, 0.25) is 0 Å². The highest BCUT2D eigenvalue weighted by molar-refractivity contribution is 9.10. The van der Waals surface area contributed by atoms with Gasteiger partial charge in [0.25, 0.3) is 0 Å². The molecule has 0 aromatic heterocycles. The Morgan fingerprint density at radius 1 is 0.933 bits per heavy atom. The van der Waals surface area contributed by atoms with Crippen LogP contribution in [0.4, 0.5) is 0 Å². The van der Waals surface area contributed by atoms with E-state index in [1.807, 2.05) is 49.4 Å². The molecule has 1 N–H and O–H groups in total. The minimum Gasteiger partial charge on any atom is -0.497 e. The zero-order valence-electron chi connectivity index (χ0n) is 17.6. The van der Waals surface area contributed by atoms with Gasteiger partial charge in [-0.3, -0.25) is 4.79 Å².